The number of hydrogen-bond acceptors (Lipinski definition) is 9. The highest BCUT2D eigenvalue weighted by Crippen LogP contribution is 2.31. The summed E-state index contributed by atoms with van der Waals surface area (Å²) in [6.45, 7) is 0. The molecule has 1 heterocycles. The zero-order valence-corrected chi connectivity index (χ0v) is 15.7. The van der Waals surface area contributed by atoms with Gasteiger partial charge < -0.3 is 9.47 Å². The lowest BCUT2D eigenvalue weighted by molar-refractivity contribution is -0.384. The Hall–Kier alpha value is -3.54. The van der Waals surface area contributed by atoms with E-state index in [9.17, 15) is 18.5 Å². The summed E-state index contributed by atoms with van der Waals surface area (Å²) in [5.41, 5.74) is -0.186. The van der Waals surface area contributed by atoms with Gasteiger partial charge in [0.1, 0.15) is 11.4 Å². The molecule has 0 aliphatic carbocycles. The Morgan fingerprint density at radius 1 is 1.11 bits per heavy atom. The summed E-state index contributed by atoms with van der Waals surface area (Å²) in [4.78, 5) is 10.6. The maximum Gasteiger partial charge on any atom is 0.295 e. The van der Waals surface area contributed by atoms with Crippen molar-refractivity contribution in [1.29, 1.82) is 0 Å². The Morgan fingerprint density at radius 3 is 2.50 bits per heavy atom. The van der Waals surface area contributed by atoms with Crippen molar-refractivity contribution < 1.29 is 22.8 Å². The molecular formula is C16H15N5O6S. The predicted octanol–water partition coefficient (Wildman–Crippen LogP) is 1.56. The molecule has 28 heavy (non-hydrogen) atoms. The number of benzene rings is 2. The van der Waals surface area contributed by atoms with Crippen molar-refractivity contribution in [3.05, 3.63) is 58.4 Å². The fourth-order valence-electron chi connectivity index (χ4n) is 2.54. The first-order valence-corrected chi connectivity index (χ1v) is 9.48. The van der Waals surface area contributed by atoms with Gasteiger partial charge in [-0.25, -0.2) is 8.42 Å². The van der Waals surface area contributed by atoms with E-state index in [0.717, 1.165) is 4.68 Å². The van der Waals surface area contributed by atoms with E-state index in [1.165, 1.54) is 50.6 Å². The summed E-state index contributed by atoms with van der Waals surface area (Å²) in [6, 6.07) is 9.94. The molecule has 0 aliphatic rings. The van der Waals surface area contributed by atoms with Gasteiger partial charge in [0, 0.05) is 12.1 Å². The smallest absolute Gasteiger partial charge is 0.295 e. The maximum atomic E-state index is 12.8. The number of rotatable bonds is 7. The number of aromatic nitrogens is 4. The summed E-state index contributed by atoms with van der Waals surface area (Å²) in [6.07, 6.45) is 0. The molecule has 0 amide bonds. The quantitative estimate of drug-likeness (QED) is 0.423. The van der Waals surface area contributed by atoms with E-state index in [4.69, 9.17) is 9.47 Å². The number of nitro benzene ring substituents is 1. The summed E-state index contributed by atoms with van der Waals surface area (Å²) in [7, 11) is -1.04. The molecule has 0 saturated heterocycles. The van der Waals surface area contributed by atoms with E-state index in [-0.39, 0.29) is 27.8 Å². The predicted molar refractivity (Wildman–Crippen MR) is 96.2 cm³/mol. The van der Waals surface area contributed by atoms with Gasteiger partial charge in [-0.05, 0) is 28.6 Å². The second kappa shape index (κ2) is 7.60. The number of sulfone groups is 1. The van der Waals surface area contributed by atoms with Gasteiger partial charge in [-0.2, -0.15) is 4.68 Å². The van der Waals surface area contributed by atoms with Gasteiger partial charge in [0.15, 0.2) is 27.2 Å². The molecule has 3 aromatic rings. The number of nitro groups is 1. The van der Waals surface area contributed by atoms with Gasteiger partial charge >= 0.3 is 0 Å². The zero-order chi connectivity index (χ0) is 20.3. The Balaban J connectivity index is 2.00. The molecule has 0 saturated carbocycles. The van der Waals surface area contributed by atoms with Crippen LogP contribution in [0.1, 0.15) is 5.82 Å². The highest BCUT2D eigenvalue weighted by Gasteiger charge is 2.25. The normalized spacial score (nSPS) is 11.2. The molecule has 3 rings (SSSR count). The van der Waals surface area contributed by atoms with Crippen LogP contribution in [0.4, 0.5) is 5.69 Å². The number of nitrogens with zero attached hydrogens (tertiary/aromatic N) is 5. The lowest BCUT2D eigenvalue weighted by atomic mass is 10.3. The average Bonchev–Trinajstić information content (AvgIpc) is 3.14. The third kappa shape index (κ3) is 3.62. The summed E-state index contributed by atoms with van der Waals surface area (Å²) in [5, 5.41) is 22.1. The molecule has 0 radical (unpaired) electrons. The monoisotopic (exact) mass is 405 g/mol. The largest absolute Gasteiger partial charge is 0.493 e. The fourth-order valence-corrected chi connectivity index (χ4v) is 3.79. The molecule has 11 nitrogen and oxygen atoms in total. The van der Waals surface area contributed by atoms with Gasteiger partial charge in [-0.3, -0.25) is 10.1 Å². The first kappa shape index (κ1) is 19.2. The van der Waals surface area contributed by atoms with Gasteiger partial charge in [0.25, 0.3) is 5.69 Å². The van der Waals surface area contributed by atoms with Crippen LogP contribution in [-0.2, 0) is 15.6 Å². The first-order valence-electron chi connectivity index (χ1n) is 7.83. The van der Waals surface area contributed by atoms with Crippen LogP contribution in [0.2, 0.25) is 0 Å². The maximum absolute atomic E-state index is 12.8. The average molecular weight is 405 g/mol. The first-order chi connectivity index (χ1) is 13.4. The molecule has 1 aromatic heterocycles. The highest BCUT2D eigenvalue weighted by atomic mass is 32.2. The molecule has 0 fully saturated rings. The molecule has 0 bridgehead atoms. The number of hydrogen-bond donors (Lipinski definition) is 0. The third-order valence-corrected chi connectivity index (χ3v) is 5.48. The third-order valence-electron chi connectivity index (χ3n) is 3.87. The van der Waals surface area contributed by atoms with Gasteiger partial charge in [0.2, 0.25) is 0 Å². The lowest BCUT2D eigenvalue weighted by Gasteiger charge is -2.10. The van der Waals surface area contributed by atoms with E-state index >= 15 is 0 Å². The Bertz CT molecular complexity index is 1130. The van der Waals surface area contributed by atoms with Crippen molar-refractivity contribution in [2.45, 2.75) is 10.6 Å². The summed E-state index contributed by atoms with van der Waals surface area (Å²) in [5.74, 6) is -0.00113. The zero-order valence-electron chi connectivity index (χ0n) is 14.8. The molecule has 2 aromatic carbocycles. The van der Waals surface area contributed by atoms with Crippen LogP contribution in [0.15, 0.2) is 47.4 Å². The van der Waals surface area contributed by atoms with E-state index < -0.39 is 20.5 Å². The van der Waals surface area contributed by atoms with Crippen molar-refractivity contribution in [3.8, 4) is 17.2 Å². The SMILES string of the molecule is COc1ccc(S(=O)(=O)Cc2nnnn2-c2ccccc2[N+](=O)[O-])cc1OC. The second-order valence-corrected chi connectivity index (χ2v) is 7.52. The van der Waals surface area contributed by atoms with Crippen LogP contribution < -0.4 is 9.47 Å². The molecule has 0 spiro atoms. The fraction of sp³-hybridized carbons (Fsp3) is 0.188. The van der Waals surface area contributed by atoms with Crippen molar-refractivity contribution in [3.63, 3.8) is 0 Å². The lowest BCUT2D eigenvalue weighted by Crippen LogP contribution is -2.12. The van der Waals surface area contributed by atoms with Crippen LogP contribution in [0.25, 0.3) is 5.69 Å². The van der Waals surface area contributed by atoms with Crippen molar-refractivity contribution in [2.24, 2.45) is 0 Å². The van der Waals surface area contributed by atoms with Gasteiger partial charge in [-0.15, -0.1) is 5.10 Å². The second-order valence-electron chi connectivity index (χ2n) is 5.53. The van der Waals surface area contributed by atoms with Crippen molar-refractivity contribution in [1.82, 2.24) is 20.2 Å². The van der Waals surface area contributed by atoms with E-state index in [0.29, 0.717) is 5.75 Å². The van der Waals surface area contributed by atoms with Crippen LogP contribution in [-0.4, -0.2) is 47.8 Å². The summed E-state index contributed by atoms with van der Waals surface area (Å²) >= 11 is 0. The highest BCUT2D eigenvalue weighted by molar-refractivity contribution is 7.90. The standard InChI is InChI=1S/C16H15N5O6S/c1-26-14-8-7-11(9-15(14)27-2)28(24,25)10-16-17-18-19-20(16)12-5-3-4-6-13(12)21(22)23/h3-9H,10H2,1-2H3. The molecule has 0 aliphatic heterocycles. The van der Waals surface area contributed by atoms with Crippen molar-refractivity contribution in [2.75, 3.05) is 14.2 Å². The van der Waals surface area contributed by atoms with Crippen LogP contribution >= 0.6 is 0 Å². The molecule has 146 valence electrons. The van der Waals surface area contributed by atoms with E-state index in [1.54, 1.807) is 6.07 Å². The number of methoxy groups -OCH3 is 2. The molecule has 12 heteroatoms. The number of ether oxygens (including phenoxy) is 2. The van der Waals surface area contributed by atoms with Gasteiger partial charge in [0.05, 0.1) is 24.0 Å². The molecule has 0 N–H and O–H groups in total. The van der Waals surface area contributed by atoms with Gasteiger partial charge in [-0.1, -0.05) is 12.1 Å². The van der Waals surface area contributed by atoms with Crippen LogP contribution in [0, 0.1) is 10.1 Å². The van der Waals surface area contributed by atoms with E-state index in [2.05, 4.69) is 15.5 Å². The minimum absolute atomic E-state index is 0.0257. The Kier molecular flexibility index (Phi) is 5.22. The van der Waals surface area contributed by atoms with Crippen LogP contribution in [0.3, 0.4) is 0 Å². The Labute approximate surface area is 159 Å². The topological polar surface area (TPSA) is 139 Å². The number of tetrazole rings is 1. The Morgan fingerprint density at radius 2 is 1.82 bits per heavy atom. The van der Waals surface area contributed by atoms with Crippen LogP contribution in [0.5, 0.6) is 11.5 Å². The summed E-state index contributed by atoms with van der Waals surface area (Å²) < 4.78 is 36.9. The van der Waals surface area contributed by atoms with E-state index in [1.807, 2.05) is 0 Å². The molecule has 0 atom stereocenters. The van der Waals surface area contributed by atoms with Crippen molar-refractivity contribution >= 4 is 15.5 Å². The minimum Gasteiger partial charge on any atom is -0.493 e. The minimum atomic E-state index is -3.87. The molecular weight excluding hydrogens is 390 g/mol. The number of para-hydroxylation sites is 2. The molecule has 0 unspecified atom stereocenters.